The van der Waals surface area contributed by atoms with Gasteiger partial charge in [0.25, 0.3) is 0 Å². The van der Waals surface area contributed by atoms with Crippen LogP contribution in [-0.4, -0.2) is 17.8 Å². The highest BCUT2D eigenvalue weighted by atomic mass is 19.1. The Hall–Kier alpha value is -1.19. The molecule has 3 heteroatoms. The van der Waals surface area contributed by atoms with Crippen LogP contribution in [0.4, 0.5) is 4.39 Å². The number of aliphatic hydroxyl groups is 1. The lowest BCUT2D eigenvalue weighted by Crippen LogP contribution is -2.12. The molecule has 1 N–H and O–H groups in total. The van der Waals surface area contributed by atoms with Gasteiger partial charge in [-0.1, -0.05) is 30.3 Å². The summed E-state index contributed by atoms with van der Waals surface area (Å²) in [5.41, 5.74) is 1.03. The number of rotatable bonds is 4. The van der Waals surface area contributed by atoms with Crippen LogP contribution < -0.4 is 0 Å². The maximum absolute atomic E-state index is 13.4. The molecule has 0 aliphatic heterocycles. The summed E-state index contributed by atoms with van der Waals surface area (Å²) < 4.78 is 18.8. The average molecular weight is 222 g/mol. The number of ether oxygens (including phenoxy) is 1. The molecule has 1 aliphatic carbocycles. The molecule has 0 radical (unpaired) electrons. The Morgan fingerprint density at radius 2 is 2.06 bits per heavy atom. The third-order valence-corrected chi connectivity index (χ3v) is 2.75. The molecular weight excluding hydrogens is 207 g/mol. The van der Waals surface area contributed by atoms with Crippen molar-refractivity contribution in [3.05, 3.63) is 47.8 Å². The van der Waals surface area contributed by atoms with Crippen LogP contribution in [0.25, 0.3) is 0 Å². The number of hydrogen-bond acceptors (Lipinski definition) is 2. The average Bonchev–Trinajstić information content (AvgIpc) is 2.69. The first kappa shape index (κ1) is 11.3. The second-order valence-corrected chi connectivity index (χ2v) is 4.02. The smallest absolute Gasteiger partial charge is 0.125 e. The maximum Gasteiger partial charge on any atom is 0.125 e. The van der Waals surface area contributed by atoms with Crippen LogP contribution in [0.1, 0.15) is 12.0 Å². The van der Waals surface area contributed by atoms with Gasteiger partial charge in [-0.05, 0) is 18.1 Å². The fourth-order valence-corrected chi connectivity index (χ4v) is 1.83. The summed E-state index contributed by atoms with van der Waals surface area (Å²) in [5, 5.41) is 8.92. The zero-order valence-electron chi connectivity index (χ0n) is 8.97. The molecule has 1 aromatic rings. The van der Waals surface area contributed by atoms with Gasteiger partial charge < -0.3 is 9.84 Å². The molecule has 16 heavy (non-hydrogen) atoms. The van der Waals surface area contributed by atoms with E-state index in [0.29, 0.717) is 13.0 Å². The van der Waals surface area contributed by atoms with Crippen molar-refractivity contribution in [1.82, 2.24) is 0 Å². The van der Waals surface area contributed by atoms with Crippen LogP contribution in [0.15, 0.2) is 42.2 Å². The Bertz CT molecular complexity index is 361. The highest BCUT2D eigenvalue weighted by Gasteiger charge is 2.26. The monoisotopic (exact) mass is 222 g/mol. The van der Waals surface area contributed by atoms with Gasteiger partial charge in [0.1, 0.15) is 11.9 Å². The quantitative estimate of drug-likeness (QED) is 0.847. The van der Waals surface area contributed by atoms with E-state index < -0.39 is 6.10 Å². The van der Waals surface area contributed by atoms with E-state index in [9.17, 15) is 4.39 Å². The lowest BCUT2D eigenvalue weighted by atomic mass is 10.1. The van der Waals surface area contributed by atoms with Crippen molar-refractivity contribution in [1.29, 1.82) is 0 Å². The molecule has 1 aliphatic rings. The van der Waals surface area contributed by atoms with Crippen molar-refractivity contribution in [2.45, 2.75) is 19.1 Å². The molecule has 2 rings (SSSR count). The molecule has 0 heterocycles. The SMILES string of the molecule is OC[C@H]1C=C(F)[C@H](OCc2ccccc2)C1. The number of aliphatic hydroxyl groups excluding tert-OH is 1. The minimum Gasteiger partial charge on any atom is -0.396 e. The van der Waals surface area contributed by atoms with Crippen LogP contribution >= 0.6 is 0 Å². The summed E-state index contributed by atoms with van der Waals surface area (Å²) in [6.45, 7) is 0.392. The van der Waals surface area contributed by atoms with Gasteiger partial charge >= 0.3 is 0 Å². The number of benzene rings is 1. The Morgan fingerprint density at radius 3 is 2.69 bits per heavy atom. The fourth-order valence-electron chi connectivity index (χ4n) is 1.83. The Morgan fingerprint density at radius 1 is 1.31 bits per heavy atom. The minimum atomic E-state index is -0.489. The normalized spacial score (nSPS) is 24.5. The molecule has 2 atom stereocenters. The standard InChI is InChI=1S/C13H15FO2/c14-12-6-11(8-15)7-13(12)16-9-10-4-2-1-3-5-10/h1-6,11,13,15H,7-9H2/t11-,13+/m0/s1. The highest BCUT2D eigenvalue weighted by molar-refractivity contribution is 5.15. The highest BCUT2D eigenvalue weighted by Crippen LogP contribution is 2.28. The molecule has 1 aromatic carbocycles. The third-order valence-electron chi connectivity index (χ3n) is 2.75. The molecule has 0 bridgehead atoms. The van der Waals surface area contributed by atoms with Gasteiger partial charge in [0, 0.05) is 12.5 Å². The molecule has 0 aromatic heterocycles. The number of hydrogen-bond donors (Lipinski definition) is 1. The van der Waals surface area contributed by atoms with Crippen LogP contribution in [0.3, 0.4) is 0 Å². The summed E-state index contributed by atoms with van der Waals surface area (Å²) >= 11 is 0. The van der Waals surface area contributed by atoms with Crippen LogP contribution in [0.5, 0.6) is 0 Å². The van der Waals surface area contributed by atoms with Crippen LogP contribution in [-0.2, 0) is 11.3 Å². The summed E-state index contributed by atoms with van der Waals surface area (Å²) in [6, 6.07) is 9.67. The van der Waals surface area contributed by atoms with Crippen molar-refractivity contribution >= 4 is 0 Å². The second kappa shape index (κ2) is 5.23. The number of halogens is 1. The largest absolute Gasteiger partial charge is 0.396 e. The summed E-state index contributed by atoms with van der Waals surface area (Å²) in [4.78, 5) is 0. The summed E-state index contributed by atoms with van der Waals surface area (Å²) in [7, 11) is 0. The minimum absolute atomic E-state index is 0.0153. The molecular formula is C13H15FO2. The van der Waals surface area contributed by atoms with Gasteiger partial charge in [-0.3, -0.25) is 0 Å². The van der Waals surface area contributed by atoms with E-state index in [1.807, 2.05) is 30.3 Å². The van der Waals surface area contributed by atoms with Gasteiger partial charge in [-0.15, -0.1) is 0 Å². The van der Waals surface area contributed by atoms with E-state index >= 15 is 0 Å². The molecule has 0 saturated heterocycles. The second-order valence-electron chi connectivity index (χ2n) is 4.02. The van der Waals surface area contributed by atoms with Gasteiger partial charge in [0.05, 0.1) is 6.61 Å². The van der Waals surface area contributed by atoms with E-state index in [0.717, 1.165) is 5.56 Å². The van der Waals surface area contributed by atoms with Gasteiger partial charge in [0.15, 0.2) is 0 Å². The van der Waals surface area contributed by atoms with Crippen molar-refractivity contribution in [3.8, 4) is 0 Å². The summed E-state index contributed by atoms with van der Waals surface area (Å²) in [5.74, 6) is -0.351. The topological polar surface area (TPSA) is 29.5 Å². The first-order valence-electron chi connectivity index (χ1n) is 5.43. The Balaban J connectivity index is 1.86. The van der Waals surface area contributed by atoms with Crippen molar-refractivity contribution < 1.29 is 14.2 Å². The van der Waals surface area contributed by atoms with E-state index in [1.54, 1.807) is 0 Å². The third kappa shape index (κ3) is 2.68. The molecule has 0 spiro atoms. The predicted octanol–water partition coefficient (Wildman–Crippen LogP) is 2.44. The van der Waals surface area contributed by atoms with Crippen LogP contribution in [0, 0.1) is 5.92 Å². The van der Waals surface area contributed by atoms with Crippen LogP contribution in [0.2, 0.25) is 0 Å². The lowest BCUT2D eigenvalue weighted by molar-refractivity contribution is 0.0438. The fraction of sp³-hybridized carbons (Fsp3) is 0.385. The Kier molecular flexibility index (Phi) is 3.70. The van der Waals surface area contributed by atoms with Crippen molar-refractivity contribution in [2.24, 2.45) is 5.92 Å². The maximum atomic E-state index is 13.4. The molecule has 2 nitrogen and oxygen atoms in total. The molecule has 0 amide bonds. The molecule has 0 unspecified atom stereocenters. The zero-order chi connectivity index (χ0) is 11.4. The van der Waals surface area contributed by atoms with E-state index in [2.05, 4.69) is 0 Å². The van der Waals surface area contributed by atoms with E-state index in [-0.39, 0.29) is 18.4 Å². The first-order valence-corrected chi connectivity index (χ1v) is 5.43. The Labute approximate surface area is 94.4 Å². The lowest BCUT2D eigenvalue weighted by Gasteiger charge is -2.12. The van der Waals surface area contributed by atoms with Gasteiger partial charge in [-0.25, -0.2) is 4.39 Å². The zero-order valence-corrected chi connectivity index (χ0v) is 8.97. The molecule has 0 saturated carbocycles. The predicted molar refractivity (Wildman–Crippen MR) is 59.4 cm³/mol. The molecule has 0 fully saturated rings. The van der Waals surface area contributed by atoms with E-state index in [4.69, 9.17) is 9.84 Å². The van der Waals surface area contributed by atoms with Gasteiger partial charge in [0.2, 0.25) is 0 Å². The first-order chi connectivity index (χ1) is 7.79. The van der Waals surface area contributed by atoms with E-state index in [1.165, 1.54) is 6.08 Å². The molecule has 86 valence electrons. The van der Waals surface area contributed by atoms with Gasteiger partial charge in [-0.2, -0.15) is 0 Å². The van der Waals surface area contributed by atoms with Crippen molar-refractivity contribution in [3.63, 3.8) is 0 Å². The van der Waals surface area contributed by atoms with Crippen molar-refractivity contribution in [2.75, 3.05) is 6.61 Å². The summed E-state index contributed by atoms with van der Waals surface area (Å²) in [6.07, 6.45) is 1.50.